The number of anilines is 2. The molecule has 1 aliphatic heterocycles. The number of benzene rings is 1. The molecule has 3 rings (SSSR count). The molecule has 1 atom stereocenters. The van der Waals surface area contributed by atoms with Gasteiger partial charge in [-0.25, -0.2) is 0 Å². The molecule has 3 amide bonds. The second kappa shape index (κ2) is 10.5. The Kier molecular flexibility index (Phi) is 7.92. The molecular formula is C20H23F5N4O5. The lowest BCUT2D eigenvalue weighted by atomic mass is 10.1. The highest BCUT2D eigenvalue weighted by Crippen LogP contribution is 2.34. The quantitative estimate of drug-likeness (QED) is 0.378. The number of morpholine rings is 1. The van der Waals surface area contributed by atoms with Crippen LogP contribution in [-0.2, 0) is 19.1 Å². The van der Waals surface area contributed by atoms with Crippen LogP contribution < -0.4 is 20.7 Å². The fourth-order valence-electron chi connectivity index (χ4n) is 3.57. The minimum atomic E-state index is -4.71. The standard InChI is InChI=1S/C20H23F5N4O5/c21-19(22)34-14-7-12(29-5-6-33-9-15(29)30)3-4-13(14)27-18(32)16(17(26)31)28(8-11-1-2-11)10-20(23,24)25/h3-4,7,11,16,19H,1-2,5-6,8-10H2,(H2,26,31)(H,27,32)/t16-/m1/s1. The van der Waals surface area contributed by atoms with Crippen LogP contribution in [0.4, 0.5) is 33.3 Å². The Morgan fingerprint density at radius 1 is 1.29 bits per heavy atom. The zero-order chi connectivity index (χ0) is 25.0. The average molecular weight is 494 g/mol. The third kappa shape index (κ3) is 7.00. The maximum Gasteiger partial charge on any atom is 0.401 e. The van der Waals surface area contributed by atoms with Crippen molar-refractivity contribution in [2.75, 3.05) is 43.1 Å². The highest BCUT2D eigenvalue weighted by molar-refractivity contribution is 6.10. The molecule has 2 fully saturated rings. The highest BCUT2D eigenvalue weighted by atomic mass is 19.4. The largest absolute Gasteiger partial charge is 0.433 e. The summed E-state index contributed by atoms with van der Waals surface area (Å²) in [5, 5.41) is 2.16. The minimum Gasteiger partial charge on any atom is -0.433 e. The van der Waals surface area contributed by atoms with Crippen LogP contribution in [0, 0.1) is 5.92 Å². The molecule has 2 aliphatic rings. The summed E-state index contributed by atoms with van der Waals surface area (Å²) in [4.78, 5) is 38.7. The first-order valence-electron chi connectivity index (χ1n) is 10.3. The molecule has 14 heteroatoms. The molecule has 0 bridgehead atoms. The molecule has 0 unspecified atom stereocenters. The van der Waals surface area contributed by atoms with E-state index in [1.165, 1.54) is 11.0 Å². The molecule has 1 aromatic carbocycles. The van der Waals surface area contributed by atoms with Gasteiger partial charge in [0.05, 0.1) is 18.8 Å². The first-order valence-corrected chi connectivity index (χ1v) is 10.3. The molecule has 1 heterocycles. The van der Waals surface area contributed by atoms with Gasteiger partial charge in [-0.15, -0.1) is 0 Å². The van der Waals surface area contributed by atoms with Crippen LogP contribution in [0.1, 0.15) is 12.8 Å². The summed E-state index contributed by atoms with van der Waals surface area (Å²) in [6.45, 7) is -4.89. The van der Waals surface area contributed by atoms with Crippen LogP contribution in [0.15, 0.2) is 18.2 Å². The summed E-state index contributed by atoms with van der Waals surface area (Å²) in [7, 11) is 0. The molecule has 1 aliphatic carbocycles. The predicted molar refractivity (Wildman–Crippen MR) is 108 cm³/mol. The summed E-state index contributed by atoms with van der Waals surface area (Å²) in [5.74, 6) is -3.64. The van der Waals surface area contributed by atoms with Crippen molar-refractivity contribution < 1.29 is 45.8 Å². The van der Waals surface area contributed by atoms with E-state index in [4.69, 9.17) is 10.5 Å². The summed E-state index contributed by atoms with van der Waals surface area (Å²) >= 11 is 0. The Balaban J connectivity index is 1.86. The Morgan fingerprint density at radius 3 is 2.56 bits per heavy atom. The van der Waals surface area contributed by atoms with Gasteiger partial charge in [0, 0.05) is 24.8 Å². The zero-order valence-electron chi connectivity index (χ0n) is 17.8. The molecule has 1 saturated carbocycles. The molecule has 3 N–H and O–H groups in total. The third-order valence-electron chi connectivity index (χ3n) is 5.19. The lowest BCUT2D eigenvalue weighted by Crippen LogP contribution is -2.55. The van der Waals surface area contributed by atoms with Gasteiger partial charge < -0.3 is 25.4 Å². The van der Waals surface area contributed by atoms with Crippen LogP contribution in [-0.4, -0.2) is 74.3 Å². The molecule has 0 aromatic heterocycles. The number of alkyl halides is 5. The van der Waals surface area contributed by atoms with Gasteiger partial charge in [0.1, 0.15) is 6.61 Å². The van der Waals surface area contributed by atoms with Crippen LogP contribution in [0.3, 0.4) is 0 Å². The summed E-state index contributed by atoms with van der Waals surface area (Å²) in [6.07, 6.45) is -3.41. The molecule has 34 heavy (non-hydrogen) atoms. The highest BCUT2D eigenvalue weighted by Gasteiger charge is 2.41. The number of nitrogens with one attached hydrogen (secondary N) is 1. The van der Waals surface area contributed by atoms with E-state index in [2.05, 4.69) is 10.1 Å². The number of hydrogen-bond donors (Lipinski definition) is 2. The van der Waals surface area contributed by atoms with Crippen molar-refractivity contribution in [2.24, 2.45) is 11.7 Å². The number of rotatable bonds is 10. The van der Waals surface area contributed by atoms with E-state index in [-0.39, 0.29) is 43.6 Å². The summed E-state index contributed by atoms with van der Waals surface area (Å²) in [6, 6.07) is 1.54. The van der Waals surface area contributed by atoms with Crippen LogP contribution in [0.5, 0.6) is 5.75 Å². The summed E-state index contributed by atoms with van der Waals surface area (Å²) in [5.41, 5.74) is 5.09. The van der Waals surface area contributed by atoms with Gasteiger partial charge in [-0.2, -0.15) is 22.0 Å². The average Bonchev–Trinajstić information content (AvgIpc) is 3.52. The molecule has 0 spiro atoms. The first-order chi connectivity index (χ1) is 15.9. The lowest BCUT2D eigenvalue weighted by molar-refractivity contribution is -0.157. The number of nitrogens with zero attached hydrogens (tertiary/aromatic N) is 2. The number of nitrogens with two attached hydrogens (primary N) is 1. The SMILES string of the molecule is NC(=O)[C@H](C(=O)Nc1ccc(N2CCOCC2=O)cc1OC(F)F)N(CC1CC1)CC(F)(F)F. The van der Waals surface area contributed by atoms with E-state index in [9.17, 15) is 36.3 Å². The Labute approximate surface area is 190 Å². The molecule has 188 valence electrons. The number of amides is 3. The normalized spacial score (nSPS) is 17.7. The van der Waals surface area contributed by atoms with Crippen molar-refractivity contribution >= 4 is 29.1 Å². The van der Waals surface area contributed by atoms with Gasteiger partial charge in [0.15, 0.2) is 11.8 Å². The molecular weight excluding hydrogens is 471 g/mol. The van der Waals surface area contributed by atoms with Gasteiger partial charge in [-0.3, -0.25) is 19.3 Å². The van der Waals surface area contributed by atoms with E-state index < -0.39 is 48.8 Å². The van der Waals surface area contributed by atoms with Crippen LogP contribution in [0.2, 0.25) is 0 Å². The van der Waals surface area contributed by atoms with Crippen molar-refractivity contribution in [1.29, 1.82) is 0 Å². The van der Waals surface area contributed by atoms with Crippen molar-refractivity contribution in [2.45, 2.75) is 31.7 Å². The van der Waals surface area contributed by atoms with E-state index in [1.54, 1.807) is 0 Å². The second-order valence-electron chi connectivity index (χ2n) is 7.94. The van der Waals surface area contributed by atoms with Gasteiger partial charge >= 0.3 is 12.8 Å². The fraction of sp³-hybridized carbons (Fsp3) is 0.550. The van der Waals surface area contributed by atoms with Crippen molar-refractivity contribution in [1.82, 2.24) is 4.90 Å². The smallest absolute Gasteiger partial charge is 0.401 e. The Hall–Kier alpha value is -3.00. The van der Waals surface area contributed by atoms with Gasteiger partial charge in [-0.1, -0.05) is 0 Å². The second-order valence-corrected chi connectivity index (χ2v) is 7.94. The topological polar surface area (TPSA) is 114 Å². The van der Waals surface area contributed by atoms with Gasteiger partial charge in [0.25, 0.3) is 11.8 Å². The van der Waals surface area contributed by atoms with E-state index in [0.717, 1.165) is 12.1 Å². The van der Waals surface area contributed by atoms with E-state index in [1.807, 2.05) is 0 Å². The molecule has 0 radical (unpaired) electrons. The summed E-state index contributed by atoms with van der Waals surface area (Å²) < 4.78 is 74.7. The number of ether oxygens (including phenoxy) is 2. The number of carbonyl (C=O) groups excluding carboxylic acids is 3. The maximum atomic E-state index is 13.1. The lowest BCUT2D eigenvalue weighted by Gasteiger charge is -2.30. The van der Waals surface area contributed by atoms with Crippen molar-refractivity contribution in [3.63, 3.8) is 0 Å². The molecule has 1 saturated heterocycles. The van der Waals surface area contributed by atoms with Crippen molar-refractivity contribution in [3.8, 4) is 5.75 Å². The fourth-order valence-corrected chi connectivity index (χ4v) is 3.57. The Bertz CT molecular complexity index is 925. The predicted octanol–water partition coefficient (Wildman–Crippen LogP) is 1.72. The molecule has 9 nitrogen and oxygen atoms in total. The maximum absolute atomic E-state index is 13.1. The monoisotopic (exact) mass is 494 g/mol. The number of halogens is 5. The number of primary amides is 1. The van der Waals surface area contributed by atoms with E-state index >= 15 is 0 Å². The van der Waals surface area contributed by atoms with Crippen LogP contribution in [0.25, 0.3) is 0 Å². The minimum absolute atomic E-state index is 0.111. The first kappa shape index (κ1) is 25.6. The van der Waals surface area contributed by atoms with Gasteiger partial charge in [0.2, 0.25) is 5.91 Å². The van der Waals surface area contributed by atoms with Crippen LogP contribution >= 0.6 is 0 Å². The zero-order valence-corrected chi connectivity index (χ0v) is 17.8. The van der Waals surface area contributed by atoms with E-state index in [0.29, 0.717) is 17.7 Å². The number of hydrogen-bond acceptors (Lipinski definition) is 6. The molecule has 1 aromatic rings. The Morgan fingerprint density at radius 2 is 2.00 bits per heavy atom. The third-order valence-corrected chi connectivity index (χ3v) is 5.19. The number of carbonyl (C=O) groups is 3. The van der Waals surface area contributed by atoms with Crippen molar-refractivity contribution in [3.05, 3.63) is 18.2 Å². The van der Waals surface area contributed by atoms with Gasteiger partial charge in [-0.05, 0) is 30.9 Å².